The zero-order valence-electron chi connectivity index (χ0n) is 14.3. The minimum Gasteiger partial charge on any atom is -0.351 e. The summed E-state index contributed by atoms with van der Waals surface area (Å²) in [6.45, 7) is 3.72. The van der Waals surface area contributed by atoms with Crippen molar-refractivity contribution in [3.8, 4) is 0 Å². The highest BCUT2D eigenvalue weighted by Crippen LogP contribution is 2.23. The summed E-state index contributed by atoms with van der Waals surface area (Å²) in [5.74, 6) is 0.602. The Kier molecular flexibility index (Phi) is 5.28. The van der Waals surface area contributed by atoms with Crippen LogP contribution in [-0.4, -0.2) is 46.9 Å². The first-order valence-electron chi connectivity index (χ1n) is 8.10. The van der Waals surface area contributed by atoms with E-state index in [-0.39, 0.29) is 11.9 Å². The molecule has 0 spiro atoms. The lowest BCUT2D eigenvalue weighted by atomic mass is 10.1. The summed E-state index contributed by atoms with van der Waals surface area (Å²) in [7, 11) is 1.94. The molecule has 1 aliphatic rings. The Bertz CT molecular complexity index is 789. The largest absolute Gasteiger partial charge is 0.351 e. The number of urea groups is 1. The van der Waals surface area contributed by atoms with E-state index in [4.69, 9.17) is 0 Å². The number of benzene rings is 1. The number of carbonyl (C=O) groups is 2. The topological polar surface area (TPSA) is 79.3 Å². The van der Waals surface area contributed by atoms with E-state index in [1.807, 2.05) is 30.8 Å². The van der Waals surface area contributed by atoms with Crippen molar-refractivity contribution in [1.29, 1.82) is 0 Å². The van der Waals surface area contributed by atoms with Crippen LogP contribution in [0.1, 0.15) is 15.9 Å². The number of aryl methyl sites for hydroxylation is 2. The van der Waals surface area contributed by atoms with E-state index in [1.165, 1.54) is 0 Å². The third-order valence-corrected chi connectivity index (χ3v) is 5.07. The predicted octanol–water partition coefficient (Wildman–Crippen LogP) is 1.78. The zero-order valence-corrected chi connectivity index (χ0v) is 15.1. The van der Waals surface area contributed by atoms with Gasteiger partial charge in [-0.1, -0.05) is 17.8 Å². The first kappa shape index (κ1) is 17.3. The van der Waals surface area contributed by atoms with E-state index in [0.29, 0.717) is 25.2 Å². The summed E-state index contributed by atoms with van der Waals surface area (Å²) >= 11 is 1.59. The molecule has 1 aromatic heterocycles. The van der Waals surface area contributed by atoms with Gasteiger partial charge in [0.05, 0.1) is 0 Å². The molecule has 1 aliphatic heterocycles. The second-order valence-electron chi connectivity index (χ2n) is 5.81. The van der Waals surface area contributed by atoms with E-state index in [1.54, 1.807) is 35.0 Å². The monoisotopic (exact) mass is 359 g/mol. The Balaban J connectivity index is 1.58. The van der Waals surface area contributed by atoms with Crippen LogP contribution in [0.4, 0.5) is 10.5 Å². The van der Waals surface area contributed by atoms with E-state index in [0.717, 1.165) is 22.2 Å². The fraction of sp³-hybridized carbons (Fsp3) is 0.353. The Labute approximate surface area is 150 Å². The van der Waals surface area contributed by atoms with E-state index < -0.39 is 0 Å². The summed E-state index contributed by atoms with van der Waals surface area (Å²) in [6, 6.07) is 5.32. The normalized spacial score (nSPS) is 13.8. The van der Waals surface area contributed by atoms with Crippen LogP contribution >= 0.6 is 11.8 Å². The van der Waals surface area contributed by atoms with Crippen LogP contribution in [0, 0.1) is 6.92 Å². The SMILES string of the molecule is Cc1ccc(C(=O)NCCSc2nccn2C)cc1N1CCNC1=O. The number of hydrogen-bond acceptors (Lipinski definition) is 4. The molecule has 2 heterocycles. The third-order valence-electron chi connectivity index (χ3n) is 4.01. The smallest absolute Gasteiger partial charge is 0.322 e. The van der Waals surface area contributed by atoms with Gasteiger partial charge in [-0.3, -0.25) is 9.69 Å². The van der Waals surface area contributed by atoms with Crippen molar-refractivity contribution in [2.45, 2.75) is 12.1 Å². The fourth-order valence-corrected chi connectivity index (χ4v) is 3.43. The average Bonchev–Trinajstić information content (AvgIpc) is 3.20. The molecular weight excluding hydrogens is 338 g/mol. The summed E-state index contributed by atoms with van der Waals surface area (Å²) in [4.78, 5) is 30.1. The van der Waals surface area contributed by atoms with Crippen LogP contribution in [0.25, 0.3) is 0 Å². The molecule has 3 amide bonds. The molecule has 0 bridgehead atoms. The maximum atomic E-state index is 12.4. The fourth-order valence-electron chi connectivity index (χ4n) is 2.64. The number of carbonyl (C=O) groups excluding carboxylic acids is 2. The molecule has 132 valence electrons. The van der Waals surface area contributed by atoms with Gasteiger partial charge in [-0.05, 0) is 24.6 Å². The molecule has 8 heteroatoms. The van der Waals surface area contributed by atoms with Crippen molar-refractivity contribution >= 4 is 29.4 Å². The first-order chi connectivity index (χ1) is 12.1. The quantitative estimate of drug-likeness (QED) is 0.609. The highest BCUT2D eigenvalue weighted by atomic mass is 32.2. The standard InChI is InChI=1S/C17H21N5O2S/c1-12-3-4-13(11-14(12)22-9-6-19-16(22)24)15(23)18-7-10-25-17-20-5-8-21(17)2/h3-5,8,11H,6-7,9-10H2,1-2H3,(H,18,23)(H,19,24). The number of anilines is 1. The summed E-state index contributed by atoms with van der Waals surface area (Å²) < 4.78 is 1.94. The second-order valence-corrected chi connectivity index (χ2v) is 6.87. The minimum atomic E-state index is -0.138. The number of amides is 3. The van der Waals surface area contributed by atoms with Gasteiger partial charge in [-0.15, -0.1) is 0 Å². The Morgan fingerprint density at radius 3 is 2.96 bits per heavy atom. The maximum absolute atomic E-state index is 12.4. The predicted molar refractivity (Wildman–Crippen MR) is 98.2 cm³/mol. The minimum absolute atomic E-state index is 0.118. The van der Waals surface area contributed by atoms with Gasteiger partial charge in [0.1, 0.15) is 0 Å². The number of hydrogen-bond donors (Lipinski definition) is 2. The van der Waals surface area contributed by atoms with Crippen molar-refractivity contribution in [2.24, 2.45) is 7.05 Å². The molecule has 0 aliphatic carbocycles. The van der Waals surface area contributed by atoms with Crippen LogP contribution < -0.4 is 15.5 Å². The molecule has 0 atom stereocenters. The van der Waals surface area contributed by atoms with Crippen LogP contribution in [-0.2, 0) is 7.05 Å². The molecule has 0 radical (unpaired) electrons. The highest BCUT2D eigenvalue weighted by molar-refractivity contribution is 7.99. The van der Waals surface area contributed by atoms with Crippen LogP contribution in [0.5, 0.6) is 0 Å². The lowest BCUT2D eigenvalue weighted by Crippen LogP contribution is -2.29. The van der Waals surface area contributed by atoms with Gasteiger partial charge in [-0.2, -0.15) is 0 Å². The number of nitrogens with one attached hydrogen (secondary N) is 2. The lowest BCUT2D eigenvalue weighted by Gasteiger charge is -2.18. The van der Waals surface area contributed by atoms with Gasteiger partial charge in [0.15, 0.2) is 5.16 Å². The molecule has 25 heavy (non-hydrogen) atoms. The van der Waals surface area contributed by atoms with Crippen molar-refractivity contribution in [3.63, 3.8) is 0 Å². The molecule has 7 nitrogen and oxygen atoms in total. The molecule has 1 fully saturated rings. The van der Waals surface area contributed by atoms with E-state index in [9.17, 15) is 9.59 Å². The molecule has 1 aromatic carbocycles. The van der Waals surface area contributed by atoms with Gasteiger partial charge in [0, 0.05) is 56.1 Å². The van der Waals surface area contributed by atoms with Gasteiger partial charge < -0.3 is 15.2 Å². The Hall–Kier alpha value is -2.48. The number of nitrogens with zero attached hydrogens (tertiary/aromatic N) is 3. The number of imidazole rings is 1. The summed E-state index contributed by atoms with van der Waals surface area (Å²) in [6.07, 6.45) is 3.65. The second kappa shape index (κ2) is 7.60. The van der Waals surface area contributed by atoms with Crippen molar-refractivity contribution in [3.05, 3.63) is 41.7 Å². The van der Waals surface area contributed by atoms with Gasteiger partial charge in [0.2, 0.25) is 0 Å². The Morgan fingerprint density at radius 1 is 1.44 bits per heavy atom. The summed E-state index contributed by atoms with van der Waals surface area (Å²) in [5, 5.41) is 6.62. The number of rotatable bonds is 6. The van der Waals surface area contributed by atoms with Gasteiger partial charge in [-0.25, -0.2) is 9.78 Å². The average molecular weight is 359 g/mol. The van der Waals surface area contributed by atoms with Crippen molar-refractivity contribution < 1.29 is 9.59 Å². The molecule has 0 unspecified atom stereocenters. The van der Waals surface area contributed by atoms with Gasteiger partial charge in [0.25, 0.3) is 5.91 Å². The van der Waals surface area contributed by atoms with Crippen LogP contribution in [0.3, 0.4) is 0 Å². The molecule has 2 N–H and O–H groups in total. The molecule has 1 saturated heterocycles. The van der Waals surface area contributed by atoms with Crippen LogP contribution in [0.2, 0.25) is 0 Å². The van der Waals surface area contributed by atoms with E-state index >= 15 is 0 Å². The molecule has 0 saturated carbocycles. The molecular formula is C17H21N5O2S. The number of thioether (sulfide) groups is 1. The molecule has 2 aromatic rings. The van der Waals surface area contributed by atoms with Gasteiger partial charge >= 0.3 is 6.03 Å². The maximum Gasteiger partial charge on any atom is 0.322 e. The third kappa shape index (κ3) is 3.96. The lowest BCUT2D eigenvalue weighted by molar-refractivity contribution is 0.0956. The highest BCUT2D eigenvalue weighted by Gasteiger charge is 2.23. The Morgan fingerprint density at radius 2 is 2.28 bits per heavy atom. The van der Waals surface area contributed by atoms with Crippen molar-refractivity contribution in [2.75, 3.05) is 30.3 Å². The molecule has 3 rings (SSSR count). The zero-order chi connectivity index (χ0) is 17.8. The van der Waals surface area contributed by atoms with Crippen molar-refractivity contribution in [1.82, 2.24) is 20.2 Å². The van der Waals surface area contributed by atoms with E-state index in [2.05, 4.69) is 15.6 Å². The number of aromatic nitrogens is 2. The first-order valence-corrected chi connectivity index (χ1v) is 9.09. The van der Waals surface area contributed by atoms with Crippen LogP contribution in [0.15, 0.2) is 35.7 Å². The summed E-state index contributed by atoms with van der Waals surface area (Å²) in [5.41, 5.74) is 2.31.